The number of nitro benzene ring substituents is 1. The van der Waals surface area contributed by atoms with Gasteiger partial charge < -0.3 is 9.52 Å². The zero-order chi connectivity index (χ0) is 23.7. The average Bonchev–Trinajstić information content (AvgIpc) is 3.34. The molecule has 3 aromatic rings. The number of amides is 1. The van der Waals surface area contributed by atoms with E-state index < -0.39 is 22.8 Å². The van der Waals surface area contributed by atoms with E-state index in [9.17, 15) is 24.8 Å². The van der Waals surface area contributed by atoms with E-state index in [-0.39, 0.29) is 19.9 Å². The van der Waals surface area contributed by atoms with Crippen molar-refractivity contribution < 1.29 is 24.0 Å². The second-order valence-electron chi connectivity index (χ2n) is 6.83. The number of non-ortho nitro benzene ring substituents is 1. The van der Waals surface area contributed by atoms with Crippen molar-refractivity contribution >= 4 is 63.5 Å². The standard InChI is InChI=1S/C22H13ClN2O6S2/c23-16-10-13(25(29)30)6-8-15(16)17-9-7-14(31-17)11-18-20(26)24(22(32)33-18)19(21(27)28)12-4-2-1-3-5-12/h1-11,19H,(H,27,28)/b18-11-/t19-/m1/s1. The molecule has 1 amide bonds. The summed E-state index contributed by atoms with van der Waals surface area (Å²) in [6.45, 7) is 0. The highest BCUT2D eigenvalue weighted by Gasteiger charge is 2.41. The van der Waals surface area contributed by atoms with E-state index in [1.807, 2.05) is 0 Å². The molecule has 33 heavy (non-hydrogen) atoms. The second kappa shape index (κ2) is 9.18. The maximum atomic E-state index is 13.0. The number of nitrogens with zero attached hydrogens (tertiary/aromatic N) is 2. The van der Waals surface area contributed by atoms with Crippen LogP contribution in [0.4, 0.5) is 5.69 Å². The van der Waals surface area contributed by atoms with Crippen LogP contribution in [-0.2, 0) is 9.59 Å². The molecule has 0 saturated carbocycles. The molecule has 1 atom stereocenters. The Hall–Kier alpha value is -3.47. The Morgan fingerprint density at radius 3 is 2.58 bits per heavy atom. The lowest BCUT2D eigenvalue weighted by molar-refractivity contribution is -0.384. The summed E-state index contributed by atoms with van der Waals surface area (Å²) in [5.74, 6) is -1.09. The molecular weight excluding hydrogens is 488 g/mol. The van der Waals surface area contributed by atoms with Gasteiger partial charge in [0.1, 0.15) is 15.8 Å². The molecule has 1 N–H and O–H groups in total. The van der Waals surface area contributed by atoms with E-state index in [0.717, 1.165) is 16.7 Å². The minimum absolute atomic E-state index is 0.118. The summed E-state index contributed by atoms with van der Waals surface area (Å²) in [6.07, 6.45) is 1.46. The van der Waals surface area contributed by atoms with Gasteiger partial charge in [-0.1, -0.05) is 65.9 Å². The fourth-order valence-electron chi connectivity index (χ4n) is 3.26. The Morgan fingerprint density at radius 1 is 1.21 bits per heavy atom. The van der Waals surface area contributed by atoms with Crippen molar-refractivity contribution in [2.45, 2.75) is 6.04 Å². The van der Waals surface area contributed by atoms with Crippen LogP contribution in [0.5, 0.6) is 0 Å². The molecule has 1 aromatic heterocycles. The number of nitro groups is 1. The van der Waals surface area contributed by atoms with Crippen molar-refractivity contribution in [3.63, 3.8) is 0 Å². The van der Waals surface area contributed by atoms with Gasteiger partial charge in [0.2, 0.25) is 0 Å². The van der Waals surface area contributed by atoms with Crippen LogP contribution in [-0.4, -0.2) is 31.1 Å². The smallest absolute Gasteiger partial charge is 0.331 e. The molecule has 4 rings (SSSR count). The van der Waals surface area contributed by atoms with E-state index in [2.05, 4.69) is 0 Å². The number of halogens is 1. The Balaban J connectivity index is 1.62. The lowest BCUT2D eigenvalue weighted by Gasteiger charge is -2.23. The van der Waals surface area contributed by atoms with Crippen molar-refractivity contribution in [2.75, 3.05) is 0 Å². The monoisotopic (exact) mass is 500 g/mol. The minimum Gasteiger partial charge on any atom is -0.479 e. The molecule has 11 heteroatoms. The van der Waals surface area contributed by atoms with E-state index in [1.165, 1.54) is 24.3 Å². The van der Waals surface area contributed by atoms with Crippen molar-refractivity contribution in [1.29, 1.82) is 0 Å². The predicted molar refractivity (Wildman–Crippen MR) is 128 cm³/mol. The lowest BCUT2D eigenvalue weighted by Crippen LogP contribution is -2.37. The number of thiocarbonyl (C=S) groups is 1. The van der Waals surface area contributed by atoms with Crippen molar-refractivity contribution in [2.24, 2.45) is 0 Å². The van der Waals surface area contributed by atoms with Crippen molar-refractivity contribution in [1.82, 2.24) is 4.90 Å². The van der Waals surface area contributed by atoms with E-state index >= 15 is 0 Å². The van der Waals surface area contributed by atoms with Crippen LogP contribution in [0, 0.1) is 10.1 Å². The van der Waals surface area contributed by atoms with E-state index in [0.29, 0.717) is 22.6 Å². The van der Waals surface area contributed by atoms with Gasteiger partial charge in [0.15, 0.2) is 6.04 Å². The molecular formula is C22H13ClN2O6S2. The third kappa shape index (κ3) is 4.54. The van der Waals surface area contributed by atoms with E-state index in [1.54, 1.807) is 42.5 Å². The number of carboxylic acids is 1. The molecule has 0 aliphatic carbocycles. The number of aliphatic carboxylic acids is 1. The van der Waals surface area contributed by atoms with Crippen LogP contribution in [0.15, 0.2) is 70.0 Å². The van der Waals surface area contributed by atoms with Gasteiger partial charge in [-0.15, -0.1) is 0 Å². The summed E-state index contributed by atoms with van der Waals surface area (Å²) in [5, 5.41) is 20.8. The third-order valence-electron chi connectivity index (χ3n) is 4.76. The highest BCUT2D eigenvalue weighted by atomic mass is 35.5. The van der Waals surface area contributed by atoms with Gasteiger partial charge in [0.05, 0.1) is 14.9 Å². The normalized spacial score (nSPS) is 15.8. The first kappa shape index (κ1) is 22.7. The van der Waals surface area contributed by atoms with Crippen LogP contribution in [0.1, 0.15) is 17.4 Å². The van der Waals surface area contributed by atoms with Gasteiger partial charge in [0.25, 0.3) is 11.6 Å². The molecule has 166 valence electrons. The van der Waals surface area contributed by atoms with E-state index in [4.69, 9.17) is 28.2 Å². The highest BCUT2D eigenvalue weighted by molar-refractivity contribution is 8.26. The number of thioether (sulfide) groups is 1. The lowest BCUT2D eigenvalue weighted by atomic mass is 10.1. The summed E-state index contributed by atoms with van der Waals surface area (Å²) in [5.41, 5.74) is 0.728. The van der Waals surface area contributed by atoms with Gasteiger partial charge in [-0.2, -0.15) is 0 Å². The molecule has 0 spiro atoms. The molecule has 1 fully saturated rings. The maximum Gasteiger partial charge on any atom is 0.331 e. The van der Waals surface area contributed by atoms with Crippen molar-refractivity contribution in [3.8, 4) is 11.3 Å². The quantitative estimate of drug-likeness (QED) is 0.203. The topological polar surface area (TPSA) is 114 Å². The SMILES string of the molecule is O=C(O)[C@@H](c1ccccc1)N1C(=O)/C(=C/c2ccc(-c3ccc([N+](=O)[O-])cc3Cl)o2)SC1=S. The van der Waals surface area contributed by atoms with Crippen LogP contribution in [0.3, 0.4) is 0 Å². The number of furan rings is 1. The summed E-state index contributed by atoms with van der Waals surface area (Å²) in [7, 11) is 0. The third-order valence-corrected chi connectivity index (χ3v) is 6.40. The fraction of sp³-hybridized carbons (Fsp3) is 0.0455. The largest absolute Gasteiger partial charge is 0.479 e. The first-order valence-corrected chi connectivity index (χ1v) is 11.0. The van der Waals surface area contributed by atoms with Crippen LogP contribution in [0.2, 0.25) is 5.02 Å². The molecule has 8 nitrogen and oxygen atoms in total. The summed E-state index contributed by atoms with van der Waals surface area (Å²) >= 11 is 12.4. The molecule has 1 saturated heterocycles. The Morgan fingerprint density at radius 2 is 1.94 bits per heavy atom. The van der Waals surface area contributed by atoms with Gasteiger partial charge in [-0.05, 0) is 23.8 Å². The Bertz CT molecular complexity index is 1320. The van der Waals surface area contributed by atoms with Gasteiger partial charge in [0, 0.05) is 23.8 Å². The molecule has 0 radical (unpaired) electrons. The maximum absolute atomic E-state index is 13.0. The zero-order valence-electron chi connectivity index (χ0n) is 16.5. The summed E-state index contributed by atoms with van der Waals surface area (Å²) in [4.78, 5) is 36.6. The van der Waals surface area contributed by atoms with Gasteiger partial charge in [-0.3, -0.25) is 19.8 Å². The number of carbonyl (C=O) groups excluding carboxylic acids is 1. The molecule has 1 aliphatic heterocycles. The van der Waals surface area contributed by atoms with Gasteiger partial charge in [-0.25, -0.2) is 4.79 Å². The average molecular weight is 501 g/mol. The second-order valence-corrected chi connectivity index (χ2v) is 8.91. The molecule has 1 aliphatic rings. The Kier molecular flexibility index (Phi) is 6.32. The first-order chi connectivity index (χ1) is 15.8. The zero-order valence-corrected chi connectivity index (χ0v) is 18.9. The number of carbonyl (C=O) groups is 2. The number of hydrogen-bond acceptors (Lipinski definition) is 7. The van der Waals surface area contributed by atoms with Crippen LogP contribution in [0.25, 0.3) is 17.4 Å². The molecule has 2 aromatic carbocycles. The van der Waals surface area contributed by atoms with Crippen molar-refractivity contribution in [3.05, 3.63) is 92.0 Å². The predicted octanol–water partition coefficient (Wildman–Crippen LogP) is 5.54. The van der Waals surface area contributed by atoms with Crippen LogP contribution < -0.4 is 0 Å². The van der Waals surface area contributed by atoms with Crippen LogP contribution >= 0.6 is 35.6 Å². The first-order valence-electron chi connectivity index (χ1n) is 9.35. The summed E-state index contributed by atoms with van der Waals surface area (Å²) < 4.78 is 5.87. The minimum atomic E-state index is -1.25. The molecule has 0 unspecified atom stereocenters. The Labute approximate surface area is 201 Å². The number of carboxylic acid groups (broad SMARTS) is 1. The highest BCUT2D eigenvalue weighted by Crippen LogP contribution is 2.39. The fourth-order valence-corrected chi connectivity index (χ4v) is 4.82. The number of hydrogen-bond donors (Lipinski definition) is 1. The molecule has 2 heterocycles. The number of rotatable bonds is 6. The summed E-state index contributed by atoms with van der Waals surface area (Å²) in [6, 6.07) is 14.3. The molecule has 0 bridgehead atoms. The van der Waals surface area contributed by atoms with Gasteiger partial charge >= 0.3 is 5.97 Å². The number of benzene rings is 2.